The average molecular weight is 483 g/mol. The first kappa shape index (κ1) is 25.7. The van der Waals surface area contributed by atoms with Crippen LogP contribution in [-0.4, -0.2) is 28.8 Å². The zero-order valence-electron chi connectivity index (χ0n) is 21.4. The molecular formula is C32H38N2O2. The molecule has 0 unspecified atom stereocenters. The lowest BCUT2D eigenvalue weighted by atomic mass is 9.94. The van der Waals surface area contributed by atoms with Gasteiger partial charge in [0.25, 0.3) is 0 Å². The van der Waals surface area contributed by atoms with Crippen molar-refractivity contribution in [2.75, 3.05) is 0 Å². The first-order valence-corrected chi connectivity index (χ1v) is 13.3. The van der Waals surface area contributed by atoms with Crippen molar-refractivity contribution in [2.24, 2.45) is 0 Å². The Kier molecular flexibility index (Phi) is 9.32. The highest BCUT2D eigenvalue weighted by atomic mass is 16.2. The van der Waals surface area contributed by atoms with Crippen LogP contribution in [0.5, 0.6) is 0 Å². The van der Waals surface area contributed by atoms with E-state index >= 15 is 0 Å². The van der Waals surface area contributed by atoms with E-state index in [9.17, 15) is 9.59 Å². The van der Waals surface area contributed by atoms with Crippen molar-refractivity contribution in [3.8, 4) is 0 Å². The molecule has 2 amide bonds. The lowest BCUT2D eigenvalue weighted by Crippen LogP contribution is -2.53. The van der Waals surface area contributed by atoms with E-state index in [0.29, 0.717) is 25.8 Å². The van der Waals surface area contributed by atoms with E-state index in [1.165, 1.54) is 6.42 Å². The zero-order chi connectivity index (χ0) is 25.2. The van der Waals surface area contributed by atoms with Gasteiger partial charge in [-0.3, -0.25) is 9.59 Å². The van der Waals surface area contributed by atoms with E-state index in [2.05, 4.69) is 36.5 Å². The molecule has 1 atom stereocenters. The second kappa shape index (κ2) is 13.1. The summed E-state index contributed by atoms with van der Waals surface area (Å²) in [5.41, 5.74) is 4.40. The lowest BCUT2D eigenvalue weighted by Gasteiger charge is -2.34. The minimum atomic E-state index is -0.558. The van der Waals surface area contributed by atoms with Gasteiger partial charge in [-0.2, -0.15) is 0 Å². The molecule has 0 radical (unpaired) electrons. The molecule has 1 N–H and O–H groups in total. The third-order valence-electron chi connectivity index (χ3n) is 7.29. The van der Waals surface area contributed by atoms with Crippen molar-refractivity contribution in [3.63, 3.8) is 0 Å². The summed E-state index contributed by atoms with van der Waals surface area (Å²) in [6, 6.07) is 27.9. The summed E-state index contributed by atoms with van der Waals surface area (Å²) in [5, 5.41) is 3.32. The molecule has 3 aromatic carbocycles. The molecule has 0 aromatic heterocycles. The van der Waals surface area contributed by atoms with Crippen LogP contribution in [0.15, 0.2) is 84.9 Å². The van der Waals surface area contributed by atoms with Crippen LogP contribution in [0.1, 0.15) is 60.8 Å². The number of benzene rings is 3. The normalized spacial score (nSPS) is 14.7. The monoisotopic (exact) mass is 482 g/mol. The highest BCUT2D eigenvalue weighted by Gasteiger charge is 2.32. The molecule has 0 heterocycles. The minimum Gasteiger partial charge on any atom is -0.352 e. The standard InChI is InChI=1S/C32H38N2O2/c1-25-13-11-12-18-28(25)24-34(31(35)22-21-26-14-5-2-6-15-26)30(23-27-16-7-3-8-17-27)32(36)33-29-19-9-4-10-20-29/h2-3,5-8,11-18,29-30H,4,9-10,19-24H2,1H3,(H,33,36)/t30-/m0/s1. The molecule has 0 saturated heterocycles. The average Bonchev–Trinajstić information content (AvgIpc) is 2.92. The molecule has 0 aliphatic heterocycles. The molecule has 4 nitrogen and oxygen atoms in total. The summed E-state index contributed by atoms with van der Waals surface area (Å²) in [7, 11) is 0. The number of nitrogens with zero attached hydrogens (tertiary/aromatic N) is 1. The van der Waals surface area contributed by atoms with Crippen molar-refractivity contribution in [1.29, 1.82) is 0 Å². The molecule has 3 aromatic rings. The maximum atomic E-state index is 13.8. The molecule has 0 bridgehead atoms. The lowest BCUT2D eigenvalue weighted by molar-refractivity contribution is -0.141. The fourth-order valence-corrected chi connectivity index (χ4v) is 5.11. The van der Waals surface area contributed by atoms with Gasteiger partial charge in [0, 0.05) is 25.4 Å². The number of hydrogen-bond acceptors (Lipinski definition) is 2. The smallest absolute Gasteiger partial charge is 0.243 e. The van der Waals surface area contributed by atoms with Gasteiger partial charge in [-0.25, -0.2) is 0 Å². The highest BCUT2D eigenvalue weighted by Crippen LogP contribution is 2.21. The first-order valence-electron chi connectivity index (χ1n) is 13.3. The van der Waals surface area contributed by atoms with Crippen molar-refractivity contribution in [2.45, 2.75) is 76.9 Å². The summed E-state index contributed by atoms with van der Waals surface area (Å²) in [5.74, 6) is -0.0192. The van der Waals surface area contributed by atoms with Crippen LogP contribution in [0.25, 0.3) is 0 Å². The van der Waals surface area contributed by atoms with E-state index in [0.717, 1.165) is 47.9 Å². The molecule has 0 spiro atoms. The van der Waals surface area contributed by atoms with Crippen LogP contribution in [-0.2, 0) is 29.0 Å². The number of carbonyl (C=O) groups is 2. The number of rotatable bonds is 10. The van der Waals surface area contributed by atoms with Crippen LogP contribution in [0, 0.1) is 6.92 Å². The van der Waals surface area contributed by atoms with Crippen LogP contribution >= 0.6 is 0 Å². The summed E-state index contributed by atoms with van der Waals surface area (Å²) in [6.07, 6.45) is 7.10. The van der Waals surface area contributed by atoms with Gasteiger partial charge < -0.3 is 10.2 Å². The Hall–Kier alpha value is -3.40. The van der Waals surface area contributed by atoms with Gasteiger partial charge in [0.05, 0.1) is 0 Å². The van der Waals surface area contributed by atoms with Gasteiger partial charge in [-0.15, -0.1) is 0 Å². The second-order valence-electron chi connectivity index (χ2n) is 9.98. The Balaban J connectivity index is 1.61. The fraction of sp³-hybridized carbons (Fsp3) is 0.375. The summed E-state index contributed by atoms with van der Waals surface area (Å²) >= 11 is 0. The van der Waals surface area contributed by atoms with Crippen LogP contribution in [0.2, 0.25) is 0 Å². The maximum absolute atomic E-state index is 13.8. The van der Waals surface area contributed by atoms with Crippen molar-refractivity contribution < 1.29 is 9.59 Å². The predicted molar refractivity (Wildman–Crippen MR) is 145 cm³/mol. The number of hydrogen-bond donors (Lipinski definition) is 1. The van der Waals surface area contributed by atoms with Gasteiger partial charge in [0.15, 0.2) is 0 Å². The first-order chi connectivity index (χ1) is 17.6. The molecule has 1 aliphatic rings. The third kappa shape index (κ3) is 7.30. The van der Waals surface area contributed by atoms with E-state index in [-0.39, 0.29) is 17.9 Å². The van der Waals surface area contributed by atoms with Crippen LogP contribution in [0.3, 0.4) is 0 Å². The van der Waals surface area contributed by atoms with Gasteiger partial charge >= 0.3 is 0 Å². The molecule has 1 aliphatic carbocycles. The van der Waals surface area contributed by atoms with Gasteiger partial charge in [-0.1, -0.05) is 104 Å². The second-order valence-corrected chi connectivity index (χ2v) is 9.98. The third-order valence-corrected chi connectivity index (χ3v) is 7.29. The summed E-state index contributed by atoms with van der Waals surface area (Å²) in [4.78, 5) is 29.4. The molecule has 1 fully saturated rings. The van der Waals surface area contributed by atoms with E-state index < -0.39 is 6.04 Å². The largest absolute Gasteiger partial charge is 0.352 e. The number of aryl methyl sites for hydroxylation is 2. The SMILES string of the molecule is Cc1ccccc1CN(C(=O)CCc1ccccc1)[C@@H](Cc1ccccc1)C(=O)NC1CCCCC1. The molecule has 4 rings (SSSR count). The van der Waals surface area contributed by atoms with E-state index in [1.54, 1.807) is 0 Å². The molecule has 4 heteroatoms. The number of carbonyl (C=O) groups excluding carboxylic acids is 2. The zero-order valence-corrected chi connectivity index (χ0v) is 21.4. The summed E-state index contributed by atoms with van der Waals surface area (Å²) in [6.45, 7) is 2.49. The quantitative estimate of drug-likeness (QED) is 0.384. The van der Waals surface area contributed by atoms with Gasteiger partial charge in [-0.05, 0) is 48.4 Å². The molecular weight excluding hydrogens is 444 g/mol. The van der Waals surface area contributed by atoms with E-state index in [1.807, 2.05) is 65.6 Å². The predicted octanol–water partition coefficient (Wildman–Crippen LogP) is 6.02. The topological polar surface area (TPSA) is 49.4 Å². The highest BCUT2D eigenvalue weighted by molar-refractivity contribution is 5.88. The van der Waals surface area contributed by atoms with E-state index in [4.69, 9.17) is 0 Å². The summed E-state index contributed by atoms with van der Waals surface area (Å²) < 4.78 is 0. The van der Waals surface area contributed by atoms with Crippen molar-refractivity contribution in [3.05, 3.63) is 107 Å². The number of nitrogens with one attached hydrogen (secondary N) is 1. The Morgan fingerprint density at radius 2 is 1.44 bits per heavy atom. The van der Waals surface area contributed by atoms with Crippen LogP contribution in [0.4, 0.5) is 0 Å². The molecule has 1 saturated carbocycles. The van der Waals surface area contributed by atoms with Crippen LogP contribution < -0.4 is 5.32 Å². The Bertz CT molecular complexity index is 1110. The number of amides is 2. The Morgan fingerprint density at radius 1 is 0.833 bits per heavy atom. The fourth-order valence-electron chi connectivity index (χ4n) is 5.11. The van der Waals surface area contributed by atoms with Gasteiger partial charge in [0.1, 0.15) is 6.04 Å². The molecule has 36 heavy (non-hydrogen) atoms. The van der Waals surface area contributed by atoms with Crippen molar-refractivity contribution >= 4 is 11.8 Å². The molecule has 188 valence electrons. The Morgan fingerprint density at radius 3 is 2.11 bits per heavy atom. The van der Waals surface area contributed by atoms with Gasteiger partial charge in [0.2, 0.25) is 11.8 Å². The minimum absolute atomic E-state index is 0.0156. The Labute approximate surface area is 215 Å². The van der Waals surface area contributed by atoms with Crippen molar-refractivity contribution in [1.82, 2.24) is 10.2 Å². The maximum Gasteiger partial charge on any atom is 0.243 e.